The number of rotatable bonds is 2. The van der Waals surface area contributed by atoms with Crippen molar-refractivity contribution in [3.63, 3.8) is 0 Å². The van der Waals surface area contributed by atoms with Gasteiger partial charge in [-0.25, -0.2) is 18.0 Å². The number of pyridine rings is 1. The molecule has 14 heavy (non-hydrogen) atoms. The molecule has 0 aliphatic rings. The molecule has 1 aromatic heterocycles. The Bertz CT molecular complexity index is 383. The first-order valence-corrected chi connectivity index (χ1v) is 3.68. The zero-order valence-corrected chi connectivity index (χ0v) is 7.23. The fourth-order valence-corrected chi connectivity index (χ4v) is 0.991. The van der Waals surface area contributed by atoms with Crippen LogP contribution in [0.25, 0.3) is 0 Å². The molecule has 0 aliphatic carbocycles. The fraction of sp³-hybridized carbons (Fsp3) is 0.143. The van der Waals surface area contributed by atoms with Crippen LogP contribution in [0.3, 0.4) is 0 Å². The summed E-state index contributed by atoms with van der Waals surface area (Å²) in [7, 11) is 0. The van der Waals surface area contributed by atoms with Crippen molar-refractivity contribution in [3.05, 3.63) is 28.3 Å². The number of carbonyl (C=O) groups is 1. The van der Waals surface area contributed by atoms with Crippen LogP contribution in [0, 0.1) is 5.82 Å². The molecule has 0 radical (unpaired) electrons. The highest BCUT2D eigenvalue weighted by Gasteiger charge is 2.25. The van der Waals surface area contributed by atoms with E-state index in [1.807, 2.05) is 0 Å². The van der Waals surface area contributed by atoms with E-state index in [9.17, 15) is 18.0 Å². The van der Waals surface area contributed by atoms with Crippen molar-refractivity contribution in [1.29, 1.82) is 0 Å². The van der Waals surface area contributed by atoms with Gasteiger partial charge in [0.1, 0.15) is 11.3 Å². The van der Waals surface area contributed by atoms with Crippen LogP contribution in [-0.2, 0) is 0 Å². The van der Waals surface area contributed by atoms with E-state index in [-0.39, 0.29) is 0 Å². The third kappa shape index (κ3) is 1.79. The Balaban J connectivity index is 3.45. The second kappa shape index (κ2) is 3.83. The molecule has 76 valence electrons. The van der Waals surface area contributed by atoms with Crippen LogP contribution in [0.2, 0.25) is 5.02 Å². The van der Waals surface area contributed by atoms with E-state index in [1.165, 1.54) is 0 Å². The van der Waals surface area contributed by atoms with Gasteiger partial charge in [0.2, 0.25) is 0 Å². The highest BCUT2D eigenvalue weighted by atomic mass is 35.5. The molecule has 0 amide bonds. The number of aromatic nitrogens is 1. The molecule has 1 aromatic rings. The fourth-order valence-electron chi connectivity index (χ4n) is 0.848. The lowest BCUT2D eigenvalue weighted by Gasteiger charge is -2.05. The van der Waals surface area contributed by atoms with Gasteiger partial charge < -0.3 is 5.11 Å². The smallest absolute Gasteiger partial charge is 0.340 e. The van der Waals surface area contributed by atoms with Crippen LogP contribution in [-0.4, -0.2) is 16.1 Å². The highest BCUT2D eigenvalue weighted by molar-refractivity contribution is 6.31. The maximum absolute atomic E-state index is 13.0. The molecular weight excluding hydrogens is 223 g/mol. The standard InChI is InChI=1S/C7H3ClF3NO2/c8-2-1-12-5(6(10)11)3(4(2)9)7(13)14/h1,6H,(H,13,14). The molecule has 0 saturated heterocycles. The van der Waals surface area contributed by atoms with Crippen molar-refractivity contribution >= 4 is 17.6 Å². The summed E-state index contributed by atoms with van der Waals surface area (Å²) < 4.78 is 37.3. The average Bonchev–Trinajstić information content (AvgIpc) is 2.08. The summed E-state index contributed by atoms with van der Waals surface area (Å²) in [5.74, 6) is -3.22. The van der Waals surface area contributed by atoms with Crippen molar-refractivity contribution in [2.75, 3.05) is 0 Å². The quantitative estimate of drug-likeness (QED) is 0.841. The van der Waals surface area contributed by atoms with Gasteiger partial charge >= 0.3 is 5.97 Å². The Kier molecular flexibility index (Phi) is 2.95. The zero-order chi connectivity index (χ0) is 10.9. The minimum Gasteiger partial charge on any atom is -0.478 e. The maximum atomic E-state index is 13.0. The first kappa shape index (κ1) is 10.8. The average molecular weight is 226 g/mol. The molecule has 0 saturated carbocycles. The molecule has 1 rings (SSSR count). The molecule has 1 heterocycles. The Labute approximate surface area is 81.1 Å². The van der Waals surface area contributed by atoms with E-state index >= 15 is 0 Å². The molecule has 0 spiro atoms. The first-order valence-electron chi connectivity index (χ1n) is 3.30. The van der Waals surface area contributed by atoms with E-state index in [0.717, 1.165) is 0 Å². The minimum atomic E-state index is -3.16. The van der Waals surface area contributed by atoms with Crippen LogP contribution < -0.4 is 0 Å². The van der Waals surface area contributed by atoms with Crippen LogP contribution in [0.15, 0.2) is 6.20 Å². The second-order valence-corrected chi connectivity index (χ2v) is 2.69. The van der Waals surface area contributed by atoms with Crippen LogP contribution in [0.5, 0.6) is 0 Å². The second-order valence-electron chi connectivity index (χ2n) is 2.29. The number of carboxylic acids is 1. The molecule has 0 unspecified atom stereocenters. The lowest BCUT2D eigenvalue weighted by atomic mass is 10.2. The van der Waals surface area contributed by atoms with Crippen molar-refractivity contribution in [1.82, 2.24) is 4.98 Å². The minimum absolute atomic E-state index is 0.605. The topological polar surface area (TPSA) is 50.2 Å². The van der Waals surface area contributed by atoms with E-state index in [2.05, 4.69) is 4.98 Å². The van der Waals surface area contributed by atoms with Gasteiger partial charge in [0.25, 0.3) is 6.43 Å². The molecule has 0 atom stereocenters. The summed E-state index contributed by atoms with van der Waals surface area (Å²) in [5.41, 5.74) is -2.31. The monoisotopic (exact) mass is 225 g/mol. The molecule has 0 aromatic carbocycles. The summed E-state index contributed by atoms with van der Waals surface area (Å²) in [6.07, 6.45) is -2.52. The number of aromatic carboxylic acids is 1. The van der Waals surface area contributed by atoms with Crippen molar-refractivity contribution < 1.29 is 23.1 Å². The van der Waals surface area contributed by atoms with E-state index in [0.29, 0.717) is 6.20 Å². The van der Waals surface area contributed by atoms with Gasteiger partial charge in [0.15, 0.2) is 5.82 Å². The zero-order valence-electron chi connectivity index (χ0n) is 6.47. The number of alkyl halides is 2. The van der Waals surface area contributed by atoms with Crippen molar-refractivity contribution in [2.45, 2.75) is 6.43 Å². The van der Waals surface area contributed by atoms with E-state index in [4.69, 9.17) is 16.7 Å². The molecule has 0 fully saturated rings. The predicted molar refractivity (Wildman–Crippen MR) is 41.1 cm³/mol. The number of carboxylic acid groups (broad SMARTS) is 1. The SMILES string of the molecule is O=C(O)c1c(C(F)F)ncc(Cl)c1F. The Morgan fingerprint density at radius 1 is 1.57 bits per heavy atom. The van der Waals surface area contributed by atoms with Gasteiger partial charge in [-0.15, -0.1) is 0 Å². The van der Waals surface area contributed by atoms with Crippen molar-refractivity contribution in [3.8, 4) is 0 Å². The van der Waals surface area contributed by atoms with Crippen LogP contribution in [0.1, 0.15) is 22.5 Å². The van der Waals surface area contributed by atoms with Gasteiger partial charge in [-0.1, -0.05) is 11.6 Å². The van der Waals surface area contributed by atoms with Crippen LogP contribution >= 0.6 is 11.6 Å². The Morgan fingerprint density at radius 3 is 2.57 bits per heavy atom. The van der Waals surface area contributed by atoms with Crippen LogP contribution in [0.4, 0.5) is 13.2 Å². The molecule has 0 bridgehead atoms. The first-order chi connectivity index (χ1) is 6.45. The highest BCUT2D eigenvalue weighted by Crippen LogP contribution is 2.26. The third-order valence-corrected chi connectivity index (χ3v) is 1.69. The molecular formula is C7H3ClF3NO2. The lowest BCUT2D eigenvalue weighted by molar-refractivity contribution is 0.0676. The summed E-state index contributed by atoms with van der Waals surface area (Å²) in [4.78, 5) is 13.5. The third-order valence-electron chi connectivity index (χ3n) is 1.42. The van der Waals surface area contributed by atoms with E-state index in [1.54, 1.807) is 0 Å². The molecule has 7 heteroatoms. The van der Waals surface area contributed by atoms with Gasteiger partial charge in [-0.3, -0.25) is 4.98 Å². The van der Waals surface area contributed by atoms with Crippen molar-refractivity contribution in [2.24, 2.45) is 0 Å². The van der Waals surface area contributed by atoms with Gasteiger partial charge in [0.05, 0.1) is 5.02 Å². The summed E-state index contributed by atoms with van der Waals surface area (Å²) in [5, 5.41) is 7.84. The normalized spacial score (nSPS) is 10.6. The maximum Gasteiger partial charge on any atom is 0.340 e. The van der Waals surface area contributed by atoms with Gasteiger partial charge in [-0.2, -0.15) is 0 Å². The summed E-state index contributed by atoms with van der Waals surface area (Å²) in [6.45, 7) is 0. The number of nitrogens with zero attached hydrogens (tertiary/aromatic N) is 1. The Hall–Kier alpha value is -1.30. The number of hydrogen-bond donors (Lipinski definition) is 1. The van der Waals surface area contributed by atoms with Gasteiger partial charge in [-0.05, 0) is 0 Å². The predicted octanol–water partition coefficient (Wildman–Crippen LogP) is 2.51. The molecule has 0 aliphatic heterocycles. The molecule has 1 N–H and O–H groups in total. The summed E-state index contributed by atoms with van der Waals surface area (Å²) in [6, 6.07) is 0. The Morgan fingerprint density at radius 2 is 2.14 bits per heavy atom. The molecule has 3 nitrogen and oxygen atoms in total. The van der Waals surface area contributed by atoms with Gasteiger partial charge in [0, 0.05) is 6.20 Å². The lowest BCUT2D eigenvalue weighted by Crippen LogP contribution is -2.09. The summed E-state index contributed by atoms with van der Waals surface area (Å²) >= 11 is 5.19. The number of halogens is 4. The van der Waals surface area contributed by atoms with E-state index < -0.39 is 34.5 Å². The largest absolute Gasteiger partial charge is 0.478 e. The number of hydrogen-bond acceptors (Lipinski definition) is 2.